The number of aliphatic hydroxyl groups excluding tert-OH is 1. The molecule has 94 valence electrons. The van der Waals surface area contributed by atoms with Crippen LogP contribution in [0, 0.1) is 3.57 Å². The van der Waals surface area contributed by atoms with Crippen molar-refractivity contribution in [3.63, 3.8) is 0 Å². The molecule has 0 aromatic heterocycles. The van der Waals surface area contributed by atoms with E-state index in [9.17, 15) is 0 Å². The van der Waals surface area contributed by atoms with Gasteiger partial charge < -0.3 is 15.2 Å². The normalized spacial score (nSPS) is 20.5. The number of hydrogen-bond donors (Lipinski definition) is 2. The Hall–Kier alpha value is -0.330. The molecule has 0 fully saturated rings. The highest BCUT2D eigenvalue weighted by Gasteiger charge is 2.19. The third-order valence-corrected chi connectivity index (χ3v) is 3.53. The highest BCUT2D eigenvalue weighted by atomic mass is 127. The van der Waals surface area contributed by atoms with E-state index < -0.39 is 0 Å². The summed E-state index contributed by atoms with van der Waals surface area (Å²) in [5.74, 6) is 1.01. The van der Waals surface area contributed by atoms with E-state index in [4.69, 9.17) is 9.84 Å². The molecule has 0 saturated heterocycles. The van der Waals surface area contributed by atoms with Gasteiger partial charge in [0, 0.05) is 16.7 Å². The van der Waals surface area contributed by atoms with Gasteiger partial charge in [0.1, 0.15) is 11.9 Å². The molecule has 2 N–H and O–H groups in total. The number of aryl methyl sites for hydroxylation is 1. The Morgan fingerprint density at radius 2 is 2.41 bits per heavy atom. The second-order valence-corrected chi connectivity index (χ2v) is 5.78. The molecule has 0 amide bonds. The number of halogens is 1. The zero-order valence-electron chi connectivity index (χ0n) is 9.95. The third kappa shape index (κ3) is 3.82. The van der Waals surface area contributed by atoms with Crippen molar-refractivity contribution in [3.05, 3.63) is 27.3 Å². The van der Waals surface area contributed by atoms with Crippen molar-refractivity contribution < 1.29 is 9.84 Å². The summed E-state index contributed by atoms with van der Waals surface area (Å²) in [4.78, 5) is 0. The number of nitrogens with one attached hydrogen (secondary N) is 1. The summed E-state index contributed by atoms with van der Waals surface area (Å²) in [6, 6.07) is 6.32. The maximum absolute atomic E-state index is 9.17. The van der Waals surface area contributed by atoms with E-state index >= 15 is 0 Å². The fourth-order valence-corrected chi connectivity index (χ4v) is 2.57. The Balaban J connectivity index is 1.88. The second kappa shape index (κ2) is 6.02. The van der Waals surface area contributed by atoms with Crippen LogP contribution in [0.3, 0.4) is 0 Å². The Morgan fingerprint density at radius 1 is 1.59 bits per heavy atom. The summed E-state index contributed by atoms with van der Waals surface area (Å²) >= 11 is 2.33. The quantitative estimate of drug-likeness (QED) is 0.819. The number of fused-ring (bicyclic) bond motifs is 1. The first kappa shape index (κ1) is 13.1. The second-order valence-electron chi connectivity index (χ2n) is 4.54. The molecule has 1 aromatic carbocycles. The average Bonchev–Trinajstić information content (AvgIpc) is 2.29. The number of benzene rings is 1. The lowest BCUT2D eigenvalue weighted by molar-refractivity contribution is 0.153. The molecule has 0 spiro atoms. The van der Waals surface area contributed by atoms with E-state index in [0.717, 1.165) is 25.1 Å². The summed E-state index contributed by atoms with van der Waals surface area (Å²) in [6.45, 7) is 3.21. The van der Waals surface area contributed by atoms with Crippen LogP contribution < -0.4 is 10.1 Å². The minimum Gasteiger partial charge on any atom is -0.489 e. The summed E-state index contributed by atoms with van der Waals surface area (Å²) in [7, 11) is 0. The SMILES string of the molecule is CC(O)CNCC1CCc2cc(I)ccc2O1. The van der Waals surface area contributed by atoms with Crippen molar-refractivity contribution in [2.24, 2.45) is 0 Å². The summed E-state index contributed by atoms with van der Waals surface area (Å²) < 4.78 is 7.18. The maximum atomic E-state index is 9.17. The van der Waals surface area contributed by atoms with Crippen molar-refractivity contribution in [2.75, 3.05) is 13.1 Å². The van der Waals surface area contributed by atoms with E-state index in [0.29, 0.717) is 6.54 Å². The van der Waals surface area contributed by atoms with Crippen LogP contribution in [0.2, 0.25) is 0 Å². The minimum atomic E-state index is -0.299. The Morgan fingerprint density at radius 3 is 3.18 bits per heavy atom. The molecule has 0 aliphatic carbocycles. The van der Waals surface area contributed by atoms with E-state index in [2.05, 4.69) is 46.1 Å². The van der Waals surface area contributed by atoms with Gasteiger partial charge in [0.2, 0.25) is 0 Å². The average molecular weight is 347 g/mol. The van der Waals surface area contributed by atoms with Crippen LogP contribution in [0.5, 0.6) is 5.75 Å². The first-order valence-corrected chi connectivity index (χ1v) is 7.07. The maximum Gasteiger partial charge on any atom is 0.123 e. The van der Waals surface area contributed by atoms with Gasteiger partial charge in [0.05, 0.1) is 6.10 Å². The van der Waals surface area contributed by atoms with Crippen LogP contribution in [0.15, 0.2) is 18.2 Å². The van der Waals surface area contributed by atoms with E-state index in [1.807, 2.05) is 0 Å². The van der Waals surface area contributed by atoms with Gasteiger partial charge in [-0.15, -0.1) is 0 Å². The highest BCUT2D eigenvalue weighted by molar-refractivity contribution is 14.1. The molecule has 1 aliphatic rings. The standard InChI is InChI=1S/C13H18INO2/c1-9(16)7-15-8-12-4-2-10-6-11(14)3-5-13(10)17-12/h3,5-6,9,12,15-16H,2,4,7-8H2,1H3. The third-order valence-electron chi connectivity index (χ3n) is 2.86. The zero-order chi connectivity index (χ0) is 12.3. The van der Waals surface area contributed by atoms with Crippen LogP contribution in [-0.2, 0) is 6.42 Å². The molecule has 2 atom stereocenters. The van der Waals surface area contributed by atoms with Crippen LogP contribution in [-0.4, -0.2) is 30.4 Å². The molecule has 1 heterocycles. The molecule has 0 saturated carbocycles. The number of hydrogen-bond acceptors (Lipinski definition) is 3. The molecule has 1 aliphatic heterocycles. The highest BCUT2D eigenvalue weighted by Crippen LogP contribution is 2.28. The number of aliphatic hydroxyl groups is 1. The van der Waals surface area contributed by atoms with Crippen LogP contribution >= 0.6 is 22.6 Å². The first-order chi connectivity index (χ1) is 8.15. The monoisotopic (exact) mass is 347 g/mol. The molecule has 3 nitrogen and oxygen atoms in total. The Labute approximate surface area is 116 Å². The smallest absolute Gasteiger partial charge is 0.123 e. The van der Waals surface area contributed by atoms with Gasteiger partial charge >= 0.3 is 0 Å². The zero-order valence-corrected chi connectivity index (χ0v) is 12.1. The molecule has 0 radical (unpaired) electrons. The lowest BCUT2D eigenvalue weighted by atomic mass is 10.0. The molecule has 2 rings (SSSR count). The summed E-state index contributed by atoms with van der Waals surface area (Å²) in [5.41, 5.74) is 1.31. The van der Waals surface area contributed by atoms with Gasteiger partial charge in [-0.05, 0) is 66.1 Å². The lowest BCUT2D eigenvalue weighted by Crippen LogP contribution is -2.37. The Bertz CT molecular complexity index is 382. The van der Waals surface area contributed by atoms with Gasteiger partial charge in [-0.2, -0.15) is 0 Å². The molecule has 1 aromatic rings. The largest absolute Gasteiger partial charge is 0.489 e. The summed E-state index contributed by atoms with van der Waals surface area (Å²) in [5, 5.41) is 12.4. The lowest BCUT2D eigenvalue weighted by Gasteiger charge is -2.26. The molecule has 17 heavy (non-hydrogen) atoms. The summed E-state index contributed by atoms with van der Waals surface area (Å²) in [6.07, 6.45) is 2.04. The van der Waals surface area contributed by atoms with Crippen LogP contribution in [0.1, 0.15) is 18.9 Å². The van der Waals surface area contributed by atoms with Crippen molar-refractivity contribution in [1.82, 2.24) is 5.32 Å². The minimum absolute atomic E-state index is 0.223. The fraction of sp³-hybridized carbons (Fsp3) is 0.538. The van der Waals surface area contributed by atoms with Gasteiger partial charge in [0.25, 0.3) is 0 Å². The van der Waals surface area contributed by atoms with Crippen LogP contribution in [0.4, 0.5) is 0 Å². The van der Waals surface area contributed by atoms with Crippen molar-refractivity contribution >= 4 is 22.6 Å². The van der Waals surface area contributed by atoms with Gasteiger partial charge in [-0.1, -0.05) is 0 Å². The van der Waals surface area contributed by atoms with Gasteiger partial charge in [-0.3, -0.25) is 0 Å². The fourth-order valence-electron chi connectivity index (χ4n) is 2.01. The molecule has 2 unspecified atom stereocenters. The van der Waals surface area contributed by atoms with Gasteiger partial charge in [0.15, 0.2) is 0 Å². The molecular formula is C13H18INO2. The molecule has 4 heteroatoms. The Kier molecular flexibility index (Phi) is 4.64. The predicted molar refractivity (Wildman–Crippen MR) is 76.4 cm³/mol. The van der Waals surface area contributed by atoms with Crippen LogP contribution in [0.25, 0.3) is 0 Å². The number of ether oxygens (including phenoxy) is 1. The molecule has 0 bridgehead atoms. The van der Waals surface area contributed by atoms with Crippen molar-refractivity contribution in [3.8, 4) is 5.75 Å². The van der Waals surface area contributed by atoms with E-state index in [-0.39, 0.29) is 12.2 Å². The number of rotatable bonds is 4. The topological polar surface area (TPSA) is 41.5 Å². The van der Waals surface area contributed by atoms with E-state index in [1.54, 1.807) is 6.92 Å². The van der Waals surface area contributed by atoms with Crippen molar-refractivity contribution in [2.45, 2.75) is 32.0 Å². The van der Waals surface area contributed by atoms with Crippen molar-refractivity contribution in [1.29, 1.82) is 0 Å². The van der Waals surface area contributed by atoms with Gasteiger partial charge in [-0.25, -0.2) is 0 Å². The predicted octanol–water partition coefficient (Wildman–Crippen LogP) is 1.96. The molecular weight excluding hydrogens is 329 g/mol. The first-order valence-electron chi connectivity index (χ1n) is 5.99. The van der Waals surface area contributed by atoms with E-state index in [1.165, 1.54) is 9.13 Å².